The van der Waals surface area contributed by atoms with Gasteiger partial charge in [0.05, 0.1) is 0 Å². The van der Waals surface area contributed by atoms with E-state index in [1.54, 1.807) is 41.3 Å². The van der Waals surface area contributed by atoms with Crippen molar-refractivity contribution in [2.75, 3.05) is 0 Å². The number of benzene rings is 1. The zero-order chi connectivity index (χ0) is 20.1. The molecule has 3 aromatic rings. The molecule has 7 heteroatoms. The Balaban J connectivity index is 1.57. The number of pyridine rings is 1. The van der Waals surface area contributed by atoms with Crippen molar-refractivity contribution in [2.45, 2.75) is 32.9 Å². The molecule has 0 saturated carbocycles. The quantitative estimate of drug-likeness (QED) is 0.715. The van der Waals surface area contributed by atoms with Crippen LogP contribution in [0.2, 0.25) is 0 Å². The molecule has 2 amide bonds. The molecule has 1 aromatic carbocycles. The first kappa shape index (κ1) is 19.3. The Morgan fingerprint density at radius 2 is 1.68 bits per heavy atom. The third-order valence-corrected chi connectivity index (χ3v) is 3.90. The average Bonchev–Trinajstić information content (AvgIpc) is 3.20. The Morgan fingerprint density at radius 1 is 1.00 bits per heavy atom. The second-order valence-corrected chi connectivity index (χ2v) is 7.44. The average molecular weight is 377 g/mol. The van der Waals surface area contributed by atoms with E-state index in [1.807, 2.05) is 45.2 Å². The molecule has 7 nitrogen and oxygen atoms in total. The minimum absolute atomic E-state index is 0.164. The molecule has 2 aromatic heterocycles. The van der Waals surface area contributed by atoms with Crippen LogP contribution in [-0.2, 0) is 6.54 Å². The Labute approximate surface area is 163 Å². The van der Waals surface area contributed by atoms with Crippen LogP contribution in [0.4, 0.5) is 0 Å². The summed E-state index contributed by atoms with van der Waals surface area (Å²) in [7, 11) is 0. The smallest absolute Gasteiger partial charge is 0.251 e. The number of hydrogen-bond acceptors (Lipinski definition) is 4. The molecule has 0 aliphatic carbocycles. The predicted octanol–water partition coefficient (Wildman–Crippen LogP) is 2.73. The van der Waals surface area contributed by atoms with Crippen LogP contribution in [0, 0.1) is 0 Å². The first-order valence-electron chi connectivity index (χ1n) is 8.97. The number of hydrogen-bond donors (Lipinski definition) is 2. The van der Waals surface area contributed by atoms with Gasteiger partial charge in [0, 0.05) is 41.8 Å². The molecule has 0 radical (unpaired) electrons. The summed E-state index contributed by atoms with van der Waals surface area (Å²) in [6.45, 7) is 6.12. The zero-order valence-electron chi connectivity index (χ0n) is 16.1. The van der Waals surface area contributed by atoms with Gasteiger partial charge in [-0.15, -0.1) is 0 Å². The highest BCUT2D eigenvalue weighted by Crippen LogP contribution is 2.09. The highest BCUT2D eigenvalue weighted by atomic mass is 16.2. The van der Waals surface area contributed by atoms with Crippen molar-refractivity contribution in [1.82, 2.24) is 25.4 Å². The molecule has 0 spiro atoms. The van der Waals surface area contributed by atoms with Gasteiger partial charge in [-0.3, -0.25) is 9.59 Å². The summed E-state index contributed by atoms with van der Waals surface area (Å²) < 4.78 is 1.67. The van der Waals surface area contributed by atoms with Crippen LogP contribution in [0.1, 0.15) is 47.1 Å². The maximum Gasteiger partial charge on any atom is 0.251 e. The normalized spacial score (nSPS) is 11.1. The lowest BCUT2D eigenvalue weighted by molar-refractivity contribution is 0.0915. The van der Waals surface area contributed by atoms with E-state index >= 15 is 0 Å². The van der Waals surface area contributed by atoms with Crippen LogP contribution in [-0.4, -0.2) is 32.1 Å². The van der Waals surface area contributed by atoms with Crippen molar-refractivity contribution in [3.63, 3.8) is 0 Å². The second-order valence-electron chi connectivity index (χ2n) is 7.44. The summed E-state index contributed by atoms with van der Waals surface area (Å²) in [5, 5.41) is 9.87. The van der Waals surface area contributed by atoms with Gasteiger partial charge in [-0.1, -0.05) is 6.07 Å². The van der Waals surface area contributed by atoms with E-state index in [9.17, 15) is 9.59 Å². The molecular formula is C21H23N5O2. The van der Waals surface area contributed by atoms with Crippen molar-refractivity contribution >= 4 is 11.8 Å². The summed E-state index contributed by atoms with van der Waals surface area (Å²) in [6.07, 6.45) is 5.21. The number of amides is 2. The first-order valence-corrected chi connectivity index (χ1v) is 8.97. The van der Waals surface area contributed by atoms with E-state index in [4.69, 9.17) is 0 Å². The van der Waals surface area contributed by atoms with Gasteiger partial charge in [0.1, 0.15) is 0 Å². The van der Waals surface area contributed by atoms with E-state index in [2.05, 4.69) is 20.7 Å². The Hall–Kier alpha value is -3.48. The Morgan fingerprint density at radius 3 is 2.21 bits per heavy atom. The highest BCUT2D eigenvalue weighted by Gasteiger charge is 2.15. The van der Waals surface area contributed by atoms with Crippen LogP contribution < -0.4 is 10.6 Å². The van der Waals surface area contributed by atoms with E-state index in [0.29, 0.717) is 23.5 Å². The summed E-state index contributed by atoms with van der Waals surface area (Å²) >= 11 is 0. The Kier molecular flexibility index (Phi) is 5.54. The Bertz CT molecular complexity index is 940. The zero-order valence-corrected chi connectivity index (χ0v) is 16.1. The van der Waals surface area contributed by atoms with Crippen LogP contribution in [0.5, 0.6) is 0 Å². The van der Waals surface area contributed by atoms with Gasteiger partial charge in [-0.2, -0.15) is 5.10 Å². The molecule has 28 heavy (non-hydrogen) atoms. The lowest BCUT2D eigenvalue weighted by Crippen LogP contribution is -2.40. The van der Waals surface area contributed by atoms with Gasteiger partial charge >= 0.3 is 0 Å². The van der Waals surface area contributed by atoms with Gasteiger partial charge in [0.25, 0.3) is 11.8 Å². The van der Waals surface area contributed by atoms with Crippen LogP contribution >= 0.6 is 0 Å². The van der Waals surface area contributed by atoms with E-state index < -0.39 is 0 Å². The minimum atomic E-state index is -0.311. The van der Waals surface area contributed by atoms with Gasteiger partial charge in [-0.25, -0.2) is 9.67 Å². The molecule has 2 heterocycles. The van der Waals surface area contributed by atoms with Crippen LogP contribution in [0.15, 0.2) is 61.1 Å². The van der Waals surface area contributed by atoms with E-state index in [0.717, 1.165) is 5.56 Å². The lowest BCUT2D eigenvalue weighted by Gasteiger charge is -2.20. The molecule has 0 fully saturated rings. The molecule has 0 aliphatic heterocycles. The van der Waals surface area contributed by atoms with E-state index in [-0.39, 0.29) is 17.4 Å². The molecule has 2 N–H and O–H groups in total. The van der Waals surface area contributed by atoms with E-state index in [1.165, 1.54) is 0 Å². The minimum Gasteiger partial charge on any atom is -0.348 e. The number of nitrogens with one attached hydrogen (secondary N) is 2. The molecule has 0 saturated heterocycles. The number of carbonyl (C=O) groups is 2. The molecule has 0 unspecified atom stereocenters. The molecule has 3 rings (SSSR count). The molecule has 0 atom stereocenters. The number of nitrogens with zero attached hydrogens (tertiary/aromatic N) is 3. The number of rotatable bonds is 5. The van der Waals surface area contributed by atoms with Crippen LogP contribution in [0.25, 0.3) is 5.82 Å². The van der Waals surface area contributed by atoms with Gasteiger partial charge < -0.3 is 10.6 Å². The number of aromatic nitrogens is 3. The molecule has 0 aliphatic rings. The first-order chi connectivity index (χ1) is 13.3. The third-order valence-electron chi connectivity index (χ3n) is 3.90. The van der Waals surface area contributed by atoms with Crippen molar-refractivity contribution in [3.05, 3.63) is 77.7 Å². The van der Waals surface area contributed by atoms with Gasteiger partial charge in [-0.05, 0) is 62.7 Å². The fourth-order valence-electron chi connectivity index (χ4n) is 2.53. The predicted molar refractivity (Wildman–Crippen MR) is 106 cm³/mol. The summed E-state index contributed by atoms with van der Waals surface area (Å²) in [5.74, 6) is 0.339. The lowest BCUT2D eigenvalue weighted by atomic mass is 10.1. The molecule has 144 valence electrons. The highest BCUT2D eigenvalue weighted by molar-refractivity contribution is 5.98. The maximum absolute atomic E-state index is 12.3. The molecule has 0 bridgehead atoms. The SMILES string of the molecule is CC(C)(C)NC(=O)c1ccc(C(=O)NCc2ccc(-n3cccn3)nc2)cc1. The summed E-state index contributed by atoms with van der Waals surface area (Å²) in [6, 6.07) is 12.2. The summed E-state index contributed by atoms with van der Waals surface area (Å²) in [5.41, 5.74) is 1.58. The van der Waals surface area contributed by atoms with Gasteiger partial charge in [0.15, 0.2) is 5.82 Å². The van der Waals surface area contributed by atoms with Crippen molar-refractivity contribution in [3.8, 4) is 5.82 Å². The fraction of sp³-hybridized carbons (Fsp3) is 0.238. The fourth-order valence-corrected chi connectivity index (χ4v) is 2.53. The topological polar surface area (TPSA) is 88.9 Å². The largest absolute Gasteiger partial charge is 0.348 e. The maximum atomic E-state index is 12.3. The van der Waals surface area contributed by atoms with Crippen molar-refractivity contribution in [1.29, 1.82) is 0 Å². The van der Waals surface area contributed by atoms with Gasteiger partial charge in [0.2, 0.25) is 0 Å². The third kappa shape index (κ3) is 5.03. The standard InChI is InChI=1S/C21H23N5O2/c1-21(2,3)25-20(28)17-8-6-16(7-9-17)19(27)23-14-15-5-10-18(22-13-15)26-12-4-11-24-26/h4-13H,14H2,1-3H3,(H,23,27)(H,25,28). The monoisotopic (exact) mass is 377 g/mol. The van der Waals surface area contributed by atoms with Crippen molar-refractivity contribution < 1.29 is 9.59 Å². The second kappa shape index (κ2) is 8.04. The van der Waals surface area contributed by atoms with Crippen LogP contribution in [0.3, 0.4) is 0 Å². The molecular weight excluding hydrogens is 354 g/mol. The van der Waals surface area contributed by atoms with Crippen molar-refractivity contribution in [2.24, 2.45) is 0 Å². The summed E-state index contributed by atoms with van der Waals surface area (Å²) in [4.78, 5) is 28.8. The number of carbonyl (C=O) groups excluding carboxylic acids is 2.